The summed E-state index contributed by atoms with van der Waals surface area (Å²) in [4.78, 5) is 37.2. The molecule has 3 unspecified atom stereocenters. The minimum absolute atomic E-state index is 0. The van der Waals surface area contributed by atoms with E-state index in [1.165, 1.54) is 16.7 Å². The molecule has 2 aliphatic rings. The monoisotopic (exact) mass is 371 g/mol. The van der Waals surface area contributed by atoms with Gasteiger partial charge in [0.1, 0.15) is 17.5 Å². The number of carboxylic acid groups (broad SMARTS) is 1. The van der Waals surface area contributed by atoms with Gasteiger partial charge in [-0.1, -0.05) is 30.3 Å². The van der Waals surface area contributed by atoms with Crippen LogP contribution in [0.15, 0.2) is 30.3 Å². The number of hydrogen-bond acceptors (Lipinski definition) is 6. The number of nitrogens with one attached hydrogen (secondary N) is 1. The number of nitrogens with two attached hydrogens (primary N) is 1. The summed E-state index contributed by atoms with van der Waals surface area (Å²) in [6, 6.07) is 6.19. The standard InChI is InChI=1S/C16H19N3O4S.Na/c1-16(2)11(15(22)23)19-13(21)10(14(19)24-16)18-12(20)9(17)8-6-4-3-5-7-8;/h3-7,9-11,14H,17H2,1-2H3,(H,18,20)(H,22,23);/q;+1/p-1/t9?,10?,11?,14-;/m1./s1. The zero-order valence-corrected chi connectivity index (χ0v) is 17.1. The third-order valence-corrected chi connectivity index (χ3v) is 5.97. The Morgan fingerprint density at radius 3 is 2.48 bits per heavy atom. The average molecular weight is 371 g/mol. The van der Waals surface area contributed by atoms with E-state index in [0.29, 0.717) is 5.56 Å². The Morgan fingerprint density at radius 2 is 1.92 bits per heavy atom. The minimum Gasteiger partial charge on any atom is -0.548 e. The van der Waals surface area contributed by atoms with Crippen LogP contribution in [0.1, 0.15) is 25.5 Å². The summed E-state index contributed by atoms with van der Waals surface area (Å²) in [6.07, 6.45) is 0. The van der Waals surface area contributed by atoms with E-state index in [2.05, 4.69) is 5.32 Å². The van der Waals surface area contributed by atoms with Crippen LogP contribution in [0.2, 0.25) is 0 Å². The molecule has 2 heterocycles. The van der Waals surface area contributed by atoms with Gasteiger partial charge < -0.3 is 25.9 Å². The van der Waals surface area contributed by atoms with Gasteiger partial charge in [-0.3, -0.25) is 9.59 Å². The fourth-order valence-electron chi connectivity index (χ4n) is 3.18. The summed E-state index contributed by atoms with van der Waals surface area (Å²) in [5.74, 6) is -2.16. The topological polar surface area (TPSA) is 116 Å². The number of carboxylic acids is 1. The number of amides is 2. The number of aliphatic carboxylic acids is 1. The molecule has 1 aromatic rings. The summed E-state index contributed by atoms with van der Waals surface area (Å²) in [7, 11) is 0. The summed E-state index contributed by atoms with van der Waals surface area (Å²) >= 11 is 1.34. The van der Waals surface area contributed by atoms with Crippen LogP contribution in [0.25, 0.3) is 0 Å². The van der Waals surface area contributed by atoms with Gasteiger partial charge in [0.2, 0.25) is 11.8 Å². The van der Waals surface area contributed by atoms with Crippen molar-refractivity contribution in [2.45, 2.75) is 42.1 Å². The number of carbonyl (C=O) groups excluding carboxylic acids is 3. The van der Waals surface area contributed by atoms with Crippen molar-refractivity contribution in [1.29, 1.82) is 0 Å². The molecule has 7 nitrogen and oxygen atoms in total. The second-order valence-corrected chi connectivity index (χ2v) is 8.22. The maximum atomic E-state index is 12.3. The van der Waals surface area contributed by atoms with Crippen LogP contribution >= 0.6 is 11.8 Å². The molecule has 0 saturated carbocycles. The Bertz CT molecular complexity index is 700. The second-order valence-electron chi connectivity index (χ2n) is 6.45. The summed E-state index contributed by atoms with van der Waals surface area (Å²) in [5.41, 5.74) is 6.57. The van der Waals surface area contributed by atoms with E-state index >= 15 is 0 Å². The fourth-order valence-corrected chi connectivity index (χ4v) is 4.80. The smallest absolute Gasteiger partial charge is 0.548 e. The molecule has 3 rings (SSSR count). The number of hydrogen-bond donors (Lipinski definition) is 2. The van der Waals surface area contributed by atoms with E-state index in [4.69, 9.17) is 5.73 Å². The van der Waals surface area contributed by atoms with Crippen LogP contribution in [0, 0.1) is 0 Å². The van der Waals surface area contributed by atoms with Gasteiger partial charge in [-0.25, -0.2) is 0 Å². The van der Waals surface area contributed by atoms with Crippen LogP contribution in [0.5, 0.6) is 0 Å². The fraction of sp³-hybridized carbons (Fsp3) is 0.438. The molecule has 25 heavy (non-hydrogen) atoms. The summed E-state index contributed by atoms with van der Waals surface area (Å²) in [6.45, 7) is 3.50. The van der Waals surface area contributed by atoms with Crippen molar-refractivity contribution in [2.24, 2.45) is 5.73 Å². The minimum atomic E-state index is -1.28. The van der Waals surface area contributed by atoms with Crippen molar-refractivity contribution in [2.75, 3.05) is 0 Å². The number of fused-ring (bicyclic) bond motifs is 1. The van der Waals surface area contributed by atoms with Gasteiger partial charge in [0, 0.05) is 4.75 Å². The second kappa shape index (κ2) is 7.28. The first-order chi connectivity index (χ1) is 11.2. The van der Waals surface area contributed by atoms with Gasteiger partial charge in [0.25, 0.3) is 0 Å². The van der Waals surface area contributed by atoms with Crippen LogP contribution in [-0.2, 0) is 14.4 Å². The van der Waals surface area contributed by atoms with Gasteiger partial charge in [-0.15, -0.1) is 11.8 Å². The first-order valence-corrected chi connectivity index (χ1v) is 8.44. The predicted octanol–water partition coefficient (Wildman–Crippen LogP) is -4.01. The largest absolute Gasteiger partial charge is 1.00 e. The average Bonchev–Trinajstić information content (AvgIpc) is 2.80. The third kappa shape index (κ3) is 3.46. The van der Waals surface area contributed by atoms with Crippen molar-refractivity contribution in [3.63, 3.8) is 0 Å². The Hall–Kier alpha value is -1.06. The maximum absolute atomic E-state index is 12.3. The number of thioether (sulfide) groups is 1. The van der Waals surface area contributed by atoms with Crippen molar-refractivity contribution in [3.8, 4) is 0 Å². The molecular weight excluding hydrogens is 353 g/mol. The zero-order valence-electron chi connectivity index (χ0n) is 14.3. The molecule has 2 aliphatic heterocycles. The van der Waals surface area contributed by atoms with Crippen molar-refractivity contribution >= 4 is 29.5 Å². The van der Waals surface area contributed by atoms with Crippen LogP contribution in [0.4, 0.5) is 0 Å². The zero-order chi connectivity index (χ0) is 17.6. The van der Waals surface area contributed by atoms with Crippen LogP contribution in [-0.4, -0.2) is 44.9 Å². The van der Waals surface area contributed by atoms with Crippen molar-refractivity contribution < 1.29 is 49.0 Å². The molecule has 9 heteroatoms. The SMILES string of the molecule is CC1(C)S[C@@H]2C(NC(=O)C(N)c3ccccc3)C(=O)N2C1C(=O)[O-].[Na+]. The van der Waals surface area contributed by atoms with E-state index in [0.717, 1.165) is 0 Å². The molecule has 3 N–H and O–H groups in total. The van der Waals surface area contributed by atoms with Gasteiger partial charge in [-0.05, 0) is 19.4 Å². The van der Waals surface area contributed by atoms with E-state index < -0.39 is 46.0 Å². The molecule has 2 amide bonds. The number of nitrogens with zero attached hydrogens (tertiary/aromatic N) is 1. The molecule has 2 saturated heterocycles. The van der Waals surface area contributed by atoms with Gasteiger partial charge in [0.05, 0.1) is 12.0 Å². The van der Waals surface area contributed by atoms with Gasteiger partial charge in [-0.2, -0.15) is 0 Å². The quantitative estimate of drug-likeness (QED) is 0.412. The van der Waals surface area contributed by atoms with E-state index in [9.17, 15) is 19.5 Å². The molecule has 1 aromatic carbocycles. The van der Waals surface area contributed by atoms with Crippen molar-refractivity contribution in [1.82, 2.24) is 10.2 Å². The number of carbonyl (C=O) groups is 3. The first kappa shape index (κ1) is 20.3. The molecular formula is C16H18N3NaO4S. The Morgan fingerprint density at radius 1 is 1.32 bits per heavy atom. The Kier molecular flexibility index (Phi) is 5.90. The number of β-lactam (4-membered cyclic amide) rings is 1. The summed E-state index contributed by atoms with van der Waals surface area (Å²) < 4.78 is -0.680. The third-order valence-electron chi connectivity index (χ3n) is 4.40. The van der Waals surface area contributed by atoms with Crippen LogP contribution < -0.4 is 45.7 Å². The van der Waals surface area contributed by atoms with Crippen molar-refractivity contribution in [3.05, 3.63) is 35.9 Å². The molecule has 0 aromatic heterocycles. The Labute approximate surface area is 172 Å². The van der Waals surface area contributed by atoms with Gasteiger partial charge >= 0.3 is 29.6 Å². The molecule has 2 fully saturated rings. The summed E-state index contributed by atoms with van der Waals surface area (Å²) in [5, 5.41) is 13.6. The molecule has 0 radical (unpaired) electrons. The Balaban J connectivity index is 0.00000225. The first-order valence-electron chi connectivity index (χ1n) is 7.56. The molecule has 0 bridgehead atoms. The normalized spacial score (nSPS) is 27.6. The van der Waals surface area contributed by atoms with E-state index in [1.807, 2.05) is 6.07 Å². The molecule has 0 aliphatic carbocycles. The predicted molar refractivity (Wildman–Crippen MR) is 86.4 cm³/mol. The van der Waals surface area contributed by atoms with Gasteiger partial charge in [0.15, 0.2) is 0 Å². The molecule has 128 valence electrons. The molecule has 0 spiro atoms. The molecule has 4 atom stereocenters. The van der Waals surface area contributed by atoms with E-state index in [-0.39, 0.29) is 29.6 Å². The maximum Gasteiger partial charge on any atom is 1.00 e. The number of rotatable bonds is 4. The van der Waals surface area contributed by atoms with E-state index in [1.54, 1.807) is 38.1 Å². The van der Waals surface area contributed by atoms with Crippen LogP contribution in [0.3, 0.4) is 0 Å². The number of benzene rings is 1.